The number of hydrogen-bond donors (Lipinski definition) is 0. The maximum Gasteiger partial charge on any atom is 0.162 e. The van der Waals surface area contributed by atoms with E-state index in [1.807, 2.05) is 26.0 Å². The van der Waals surface area contributed by atoms with Gasteiger partial charge >= 0.3 is 0 Å². The largest absolute Gasteiger partial charge is 0.490 e. The molecule has 0 fully saturated rings. The molecule has 1 unspecified atom stereocenters. The van der Waals surface area contributed by atoms with Crippen LogP contribution in [0.2, 0.25) is 0 Å². The Kier molecular flexibility index (Phi) is 6.59. The van der Waals surface area contributed by atoms with E-state index in [2.05, 4.69) is 59.9 Å². The summed E-state index contributed by atoms with van der Waals surface area (Å²) < 4.78 is 13.5. The fourth-order valence-corrected chi connectivity index (χ4v) is 4.99. The molecule has 1 heterocycles. The van der Waals surface area contributed by atoms with Gasteiger partial charge in [0.2, 0.25) is 0 Å². The van der Waals surface area contributed by atoms with Crippen LogP contribution in [0, 0.1) is 0 Å². The van der Waals surface area contributed by atoms with E-state index in [0.29, 0.717) is 13.2 Å². The highest BCUT2D eigenvalue weighted by molar-refractivity contribution is 9.11. The van der Waals surface area contributed by atoms with Crippen molar-refractivity contribution in [1.82, 2.24) is 0 Å². The van der Waals surface area contributed by atoms with E-state index in [0.717, 1.165) is 25.3 Å². The van der Waals surface area contributed by atoms with Crippen molar-refractivity contribution in [2.75, 3.05) is 13.2 Å². The minimum absolute atomic E-state index is 0.109. The van der Waals surface area contributed by atoms with Gasteiger partial charge in [0.05, 0.1) is 21.8 Å². The van der Waals surface area contributed by atoms with E-state index in [4.69, 9.17) is 9.47 Å². The van der Waals surface area contributed by atoms with Crippen LogP contribution >= 0.6 is 59.1 Å². The third kappa shape index (κ3) is 4.24. The van der Waals surface area contributed by atoms with Crippen molar-refractivity contribution >= 4 is 59.1 Å². The van der Waals surface area contributed by atoms with Crippen molar-refractivity contribution < 1.29 is 9.47 Å². The van der Waals surface area contributed by atoms with Crippen LogP contribution in [0.5, 0.6) is 11.5 Å². The summed E-state index contributed by atoms with van der Waals surface area (Å²) in [5.74, 6) is 1.54. The van der Waals surface area contributed by atoms with Crippen LogP contribution < -0.4 is 9.47 Å². The summed E-state index contributed by atoms with van der Waals surface area (Å²) in [6.07, 6.45) is 0. The van der Waals surface area contributed by atoms with Crippen molar-refractivity contribution in [3.8, 4) is 11.5 Å². The summed E-state index contributed by atoms with van der Waals surface area (Å²) in [4.78, 5) is 1.34. The zero-order valence-electron chi connectivity index (χ0n) is 11.7. The van der Waals surface area contributed by atoms with Gasteiger partial charge in [-0.25, -0.2) is 0 Å². The monoisotopic (exact) mass is 496 g/mol. The molecule has 0 N–H and O–H groups in total. The zero-order chi connectivity index (χ0) is 15.4. The van der Waals surface area contributed by atoms with Crippen LogP contribution in [0.15, 0.2) is 32.5 Å². The number of alkyl halides is 1. The fourth-order valence-electron chi connectivity index (χ4n) is 1.90. The number of hydrogen-bond acceptors (Lipinski definition) is 3. The minimum Gasteiger partial charge on any atom is -0.490 e. The summed E-state index contributed by atoms with van der Waals surface area (Å²) in [7, 11) is 0. The van der Waals surface area contributed by atoms with Crippen LogP contribution in [0.3, 0.4) is 0 Å². The number of ether oxygens (including phenoxy) is 2. The summed E-state index contributed by atoms with van der Waals surface area (Å²) in [6.45, 7) is 5.16. The lowest BCUT2D eigenvalue weighted by molar-refractivity contribution is 0.287. The molecule has 2 rings (SSSR count). The van der Waals surface area contributed by atoms with Crippen LogP contribution in [0.25, 0.3) is 0 Å². The molecule has 0 radical (unpaired) electrons. The Balaban J connectivity index is 2.40. The van der Waals surface area contributed by atoms with E-state index in [1.54, 1.807) is 11.3 Å². The lowest BCUT2D eigenvalue weighted by Crippen LogP contribution is -2.01. The van der Waals surface area contributed by atoms with E-state index >= 15 is 0 Å². The van der Waals surface area contributed by atoms with Crippen molar-refractivity contribution in [3.05, 3.63) is 43.0 Å². The van der Waals surface area contributed by atoms with Crippen molar-refractivity contribution in [2.45, 2.75) is 18.7 Å². The first kappa shape index (κ1) is 17.3. The second-order valence-corrected chi connectivity index (χ2v) is 8.46. The minimum atomic E-state index is 0.109. The molecule has 114 valence electrons. The topological polar surface area (TPSA) is 18.5 Å². The van der Waals surface area contributed by atoms with Gasteiger partial charge in [-0.05, 0) is 59.6 Å². The molecule has 21 heavy (non-hydrogen) atoms. The molecule has 2 aromatic rings. The zero-order valence-corrected chi connectivity index (χ0v) is 17.2. The van der Waals surface area contributed by atoms with Gasteiger partial charge in [-0.2, -0.15) is 0 Å². The molecule has 0 aliphatic carbocycles. The predicted octanol–water partition coefficient (Wildman–Crippen LogP) is 6.55. The van der Waals surface area contributed by atoms with Crippen LogP contribution in [-0.4, -0.2) is 13.2 Å². The molecule has 0 saturated carbocycles. The summed E-state index contributed by atoms with van der Waals surface area (Å²) in [5.41, 5.74) is 1.12. The number of benzene rings is 1. The number of thiophene rings is 1. The third-order valence-corrected chi connectivity index (χ3v) is 6.44. The Labute approximate surface area is 154 Å². The van der Waals surface area contributed by atoms with Gasteiger partial charge in [0, 0.05) is 9.35 Å². The molecule has 1 aromatic heterocycles. The molecule has 0 saturated heterocycles. The second kappa shape index (κ2) is 7.99. The Morgan fingerprint density at radius 2 is 1.67 bits per heavy atom. The van der Waals surface area contributed by atoms with Crippen molar-refractivity contribution in [3.63, 3.8) is 0 Å². The summed E-state index contributed by atoms with van der Waals surface area (Å²) in [5, 5.41) is 0. The van der Waals surface area contributed by atoms with Crippen LogP contribution in [-0.2, 0) is 0 Å². The summed E-state index contributed by atoms with van der Waals surface area (Å²) >= 11 is 12.6. The molecule has 1 aromatic carbocycles. The van der Waals surface area contributed by atoms with Gasteiger partial charge in [-0.15, -0.1) is 11.3 Å². The molecule has 0 aliphatic heterocycles. The highest BCUT2D eigenvalue weighted by Crippen LogP contribution is 2.43. The maximum absolute atomic E-state index is 5.70. The van der Waals surface area contributed by atoms with E-state index < -0.39 is 0 Å². The van der Waals surface area contributed by atoms with Gasteiger partial charge in [-0.1, -0.05) is 31.9 Å². The predicted molar refractivity (Wildman–Crippen MR) is 99.3 cm³/mol. The van der Waals surface area contributed by atoms with E-state index in [1.165, 1.54) is 4.88 Å². The van der Waals surface area contributed by atoms with Crippen molar-refractivity contribution in [1.29, 1.82) is 0 Å². The first-order chi connectivity index (χ1) is 10.1. The highest BCUT2D eigenvalue weighted by Gasteiger charge is 2.19. The lowest BCUT2D eigenvalue weighted by atomic mass is 10.1. The fraction of sp³-hybridized carbons (Fsp3) is 0.333. The normalized spacial score (nSPS) is 12.2. The van der Waals surface area contributed by atoms with Gasteiger partial charge in [-0.3, -0.25) is 0 Å². The molecule has 0 amide bonds. The molecule has 1 atom stereocenters. The molecule has 0 spiro atoms. The van der Waals surface area contributed by atoms with Crippen LogP contribution in [0.4, 0.5) is 0 Å². The first-order valence-corrected chi connectivity index (χ1v) is 9.87. The molecule has 0 bridgehead atoms. The SMILES string of the molecule is CCOc1cc(Br)c(C(Br)c2ccc(Br)s2)cc1OCC. The number of halogens is 3. The van der Waals surface area contributed by atoms with E-state index in [9.17, 15) is 0 Å². The average molecular weight is 499 g/mol. The molecule has 2 nitrogen and oxygen atoms in total. The van der Waals surface area contributed by atoms with Crippen molar-refractivity contribution in [2.24, 2.45) is 0 Å². The molecular weight excluding hydrogens is 484 g/mol. The van der Waals surface area contributed by atoms with Crippen LogP contribution in [0.1, 0.15) is 29.1 Å². The smallest absolute Gasteiger partial charge is 0.162 e. The molecular formula is C15H15Br3O2S. The van der Waals surface area contributed by atoms with Gasteiger partial charge in [0.25, 0.3) is 0 Å². The first-order valence-electron chi connectivity index (χ1n) is 6.55. The van der Waals surface area contributed by atoms with E-state index in [-0.39, 0.29) is 4.83 Å². The van der Waals surface area contributed by atoms with Gasteiger partial charge in [0.1, 0.15) is 0 Å². The summed E-state index contributed by atoms with van der Waals surface area (Å²) in [6, 6.07) is 8.17. The quantitative estimate of drug-likeness (QED) is 0.420. The molecule has 6 heteroatoms. The lowest BCUT2D eigenvalue weighted by Gasteiger charge is -2.16. The standard InChI is InChI=1S/C15H15Br3O2S/c1-3-19-11-7-9(10(16)8-12(11)20-4-2)15(18)13-5-6-14(17)21-13/h5-8,15H,3-4H2,1-2H3. The Bertz CT molecular complexity index is 613. The maximum atomic E-state index is 5.70. The Hall–Kier alpha value is -0.0400. The number of rotatable bonds is 6. The van der Waals surface area contributed by atoms with Gasteiger partial charge in [0.15, 0.2) is 11.5 Å². The second-order valence-electron chi connectivity index (χ2n) is 4.19. The average Bonchev–Trinajstić information content (AvgIpc) is 2.88. The van der Waals surface area contributed by atoms with Gasteiger partial charge < -0.3 is 9.47 Å². The third-order valence-electron chi connectivity index (χ3n) is 2.78. The highest BCUT2D eigenvalue weighted by atomic mass is 79.9. The molecule has 0 aliphatic rings. The Morgan fingerprint density at radius 3 is 2.19 bits per heavy atom. The Morgan fingerprint density at radius 1 is 1.05 bits per heavy atom.